The normalized spacial score (nSPS) is 15.3. The first-order valence-corrected chi connectivity index (χ1v) is 13.1. The van der Waals surface area contributed by atoms with Gasteiger partial charge in [0.1, 0.15) is 29.3 Å². The Morgan fingerprint density at radius 2 is 1.80 bits per heavy atom. The fourth-order valence-corrected chi connectivity index (χ4v) is 4.94. The topological polar surface area (TPSA) is 101 Å². The van der Waals surface area contributed by atoms with Crippen LogP contribution in [0, 0.1) is 11.6 Å². The molecule has 0 unspecified atom stereocenters. The van der Waals surface area contributed by atoms with Gasteiger partial charge in [-0.15, -0.1) is 0 Å². The Morgan fingerprint density at radius 3 is 2.60 bits per heavy atom. The Hall–Kier alpha value is -4.80. The quantitative estimate of drug-likeness (QED) is 0.294. The predicted octanol–water partition coefficient (Wildman–Crippen LogP) is 5.16. The minimum absolute atomic E-state index is 0.0252. The van der Waals surface area contributed by atoms with Crippen molar-refractivity contribution in [3.05, 3.63) is 90.5 Å². The number of oxazole rings is 1. The number of likely N-dealkylation sites (tertiary alicyclic amines) is 1. The summed E-state index contributed by atoms with van der Waals surface area (Å²) in [6, 6.07) is 14.0. The maximum atomic E-state index is 13.6. The fraction of sp³-hybridized carbons (Fsp3) is 0.241. The van der Waals surface area contributed by atoms with Gasteiger partial charge in [-0.2, -0.15) is 4.98 Å². The van der Waals surface area contributed by atoms with Crippen LogP contribution in [-0.4, -0.2) is 56.0 Å². The molecule has 1 aliphatic rings. The van der Waals surface area contributed by atoms with Gasteiger partial charge >= 0.3 is 11.9 Å². The number of aromatic nitrogens is 4. The molecule has 204 valence electrons. The predicted molar refractivity (Wildman–Crippen MR) is 146 cm³/mol. The Morgan fingerprint density at radius 1 is 1.02 bits per heavy atom. The summed E-state index contributed by atoms with van der Waals surface area (Å²) in [7, 11) is 0. The van der Waals surface area contributed by atoms with E-state index >= 15 is 0 Å². The number of halogens is 2. The Balaban J connectivity index is 1.14. The van der Waals surface area contributed by atoms with Gasteiger partial charge in [0.2, 0.25) is 5.95 Å². The minimum Gasteiger partial charge on any atom is -0.432 e. The van der Waals surface area contributed by atoms with Crippen molar-refractivity contribution in [1.29, 1.82) is 0 Å². The summed E-state index contributed by atoms with van der Waals surface area (Å²) in [5, 5.41) is 6.34. The summed E-state index contributed by atoms with van der Waals surface area (Å²) >= 11 is 0. The Kier molecular flexibility index (Phi) is 7.09. The van der Waals surface area contributed by atoms with E-state index in [2.05, 4.69) is 20.6 Å². The van der Waals surface area contributed by atoms with Gasteiger partial charge in [-0.05, 0) is 67.3 Å². The van der Waals surface area contributed by atoms with Gasteiger partial charge in [-0.1, -0.05) is 12.1 Å². The monoisotopic (exact) mass is 543 g/mol. The number of carbonyl (C=O) groups excluding carboxylic acids is 1. The van der Waals surface area contributed by atoms with Crippen molar-refractivity contribution in [2.45, 2.75) is 25.3 Å². The summed E-state index contributed by atoms with van der Waals surface area (Å²) in [5.74, 6) is 0.229. The van der Waals surface area contributed by atoms with E-state index in [1.165, 1.54) is 24.3 Å². The van der Waals surface area contributed by atoms with Gasteiger partial charge in [0.05, 0.1) is 5.69 Å². The third-order valence-corrected chi connectivity index (χ3v) is 6.92. The summed E-state index contributed by atoms with van der Waals surface area (Å²) in [5.41, 5.74) is 3.64. The second-order valence-electron chi connectivity index (χ2n) is 9.67. The fourth-order valence-electron chi connectivity index (χ4n) is 4.94. The van der Waals surface area contributed by atoms with E-state index in [1.807, 2.05) is 0 Å². The van der Waals surface area contributed by atoms with E-state index < -0.39 is 0 Å². The molecule has 9 nitrogen and oxygen atoms in total. The van der Waals surface area contributed by atoms with Crippen LogP contribution < -0.4 is 10.6 Å². The zero-order valence-corrected chi connectivity index (χ0v) is 21.6. The van der Waals surface area contributed by atoms with Crippen LogP contribution in [0.4, 0.5) is 19.5 Å². The van der Waals surface area contributed by atoms with Crippen LogP contribution in [0.1, 0.15) is 18.4 Å². The molecule has 2 N–H and O–H groups in total. The number of nitrogens with zero attached hydrogens (tertiary/aromatic N) is 5. The molecule has 6 rings (SSSR count). The highest BCUT2D eigenvalue weighted by Gasteiger charge is 2.25. The van der Waals surface area contributed by atoms with Gasteiger partial charge in [-0.25, -0.2) is 23.5 Å². The number of hydrogen-bond donors (Lipinski definition) is 2. The zero-order valence-electron chi connectivity index (χ0n) is 21.6. The smallest absolute Gasteiger partial charge is 0.317 e. The van der Waals surface area contributed by atoms with Gasteiger partial charge < -0.3 is 20.0 Å². The Labute approximate surface area is 228 Å². The standard InChI is InChI=1S/C29H27F2N7O2/c30-21-7-3-19(4-8-21)11-13-33-28(39)37-15-1-2-23(18-37)34-27-32-14-12-24(35-27)26-25(20-5-9-22(31)10-6-20)36-29-38(26)16-17-40-29/h3-10,12,14,16-17,23H,1-2,11,13,15,18H2,(H,33,39)(H,32,34,35)/t23-/m1/s1. The molecule has 3 aromatic heterocycles. The van der Waals surface area contributed by atoms with Crippen molar-refractivity contribution < 1.29 is 18.0 Å². The van der Waals surface area contributed by atoms with Crippen molar-refractivity contribution in [3.8, 4) is 22.6 Å². The highest BCUT2D eigenvalue weighted by atomic mass is 19.1. The molecule has 0 aliphatic carbocycles. The number of carbonyl (C=O) groups is 1. The van der Waals surface area contributed by atoms with Crippen molar-refractivity contribution in [2.24, 2.45) is 0 Å². The molecule has 0 saturated carbocycles. The van der Waals surface area contributed by atoms with Gasteiger partial charge in [0, 0.05) is 43.6 Å². The first-order chi connectivity index (χ1) is 19.5. The summed E-state index contributed by atoms with van der Waals surface area (Å²) in [6.07, 6.45) is 7.31. The number of nitrogens with one attached hydrogen (secondary N) is 2. The lowest BCUT2D eigenvalue weighted by molar-refractivity contribution is 0.182. The lowest BCUT2D eigenvalue weighted by atomic mass is 10.1. The van der Waals surface area contributed by atoms with E-state index in [-0.39, 0.29) is 23.7 Å². The van der Waals surface area contributed by atoms with Gasteiger partial charge in [0.25, 0.3) is 0 Å². The molecule has 40 heavy (non-hydrogen) atoms. The van der Waals surface area contributed by atoms with Crippen LogP contribution >= 0.6 is 0 Å². The number of imidazole rings is 1. The average molecular weight is 544 g/mol. The second-order valence-corrected chi connectivity index (χ2v) is 9.67. The van der Waals surface area contributed by atoms with Crippen molar-refractivity contribution in [3.63, 3.8) is 0 Å². The molecular weight excluding hydrogens is 516 g/mol. The molecule has 11 heteroatoms. The van der Waals surface area contributed by atoms with Crippen LogP contribution in [0.15, 0.2) is 77.7 Å². The Bertz CT molecular complexity index is 1620. The molecule has 0 spiro atoms. The van der Waals surface area contributed by atoms with Crippen molar-refractivity contribution in [2.75, 3.05) is 25.0 Å². The molecule has 2 aromatic carbocycles. The molecule has 1 fully saturated rings. The number of amides is 2. The van der Waals surface area contributed by atoms with Gasteiger partial charge in [-0.3, -0.25) is 4.40 Å². The highest BCUT2D eigenvalue weighted by molar-refractivity contribution is 5.79. The van der Waals surface area contributed by atoms with Crippen LogP contribution in [0.25, 0.3) is 28.5 Å². The van der Waals surface area contributed by atoms with Crippen LogP contribution in [-0.2, 0) is 6.42 Å². The number of urea groups is 1. The van der Waals surface area contributed by atoms with Crippen LogP contribution in [0.3, 0.4) is 0 Å². The number of hydrogen-bond acceptors (Lipinski definition) is 6. The average Bonchev–Trinajstić information content (AvgIpc) is 3.57. The van der Waals surface area contributed by atoms with Crippen molar-refractivity contribution in [1.82, 2.24) is 29.6 Å². The minimum atomic E-state index is -0.329. The first-order valence-electron chi connectivity index (χ1n) is 13.1. The van der Waals surface area contributed by atoms with E-state index in [0.29, 0.717) is 54.9 Å². The largest absolute Gasteiger partial charge is 0.432 e. The zero-order chi connectivity index (χ0) is 27.5. The number of benzene rings is 2. The number of piperidine rings is 1. The van der Waals surface area contributed by atoms with E-state index in [9.17, 15) is 13.6 Å². The number of rotatable bonds is 7. The molecule has 1 saturated heterocycles. The maximum absolute atomic E-state index is 13.6. The summed E-state index contributed by atoms with van der Waals surface area (Å²) < 4.78 is 34.0. The van der Waals surface area contributed by atoms with Crippen LogP contribution in [0.5, 0.6) is 0 Å². The van der Waals surface area contributed by atoms with E-state index in [1.54, 1.807) is 58.3 Å². The molecule has 4 heterocycles. The molecular formula is C29H27F2N7O2. The van der Waals surface area contributed by atoms with Gasteiger partial charge in [0.15, 0.2) is 0 Å². The first kappa shape index (κ1) is 25.5. The third kappa shape index (κ3) is 5.49. The third-order valence-electron chi connectivity index (χ3n) is 6.92. The molecule has 0 radical (unpaired) electrons. The SMILES string of the molecule is O=C(NCCc1ccc(F)cc1)N1CCC[C@@H](Nc2nccc(-c3c(-c4ccc(F)cc4)nc4occn34)n2)C1. The molecule has 5 aromatic rings. The summed E-state index contributed by atoms with van der Waals surface area (Å²) in [4.78, 5) is 28.3. The maximum Gasteiger partial charge on any atom is 0.317 e. The summed E-state index contributed by atoms with van der Waals surface area (Å²) in [6.45, 7) is 1.64. The lowest BCUT2D eigenvalue weighted by Crippen LogP contribution is -2.49. The number of fused-ring (bicyclic) bond motifs is 1. The number of anilines is 1. The van der Waals surface area contributed by atoms with Crippen molar-refractivity contribution >= 4 is 17.8 Å². The van der Waals surface area contributed by atoms with Crippen LogP contribution in [0.2, 0.25) is 0 Å². The molecule has 1 aliphatic heterocycles. The molecule has 2 amide bonds. The lowest BCUT2D eigenvalue weighted by Gasteiger charge is -2.33. The highest BCUT2D eigenvalue weighted by Crippen LogP contribution is 2.32. The molecule has 0 bridgehead atoms. The van der Waals surface area contributed by atoms with E-state index in [0.717, 1.165) is 24.0 Å². The second kappa shape index (κ2) is 11.1. The van der Waals surface area contributed by atoms with E-state index in [4.69, 9.17) is 9.40 Å². The molecule has 1 atom stereocenters.